The van der Waals surface area contributed by atoms with Gasteiger partial charge < -0.3 is 24.7 Å². The number of hydrogen-bond donors (Lipinski definition) is 2. The predicted octanol–water partition coefficient (Wildman–Crippen LogP) is 6.23. The highest BCUT2D eigenvalue weighted by Gasteiger charge is 2.26. The van der Waals surface area contributed by atoms with Crippen molar-refractivity contribution in [3.63, 3.8) is 0 Å². The number of fused-ring (bicyclic) bond motifs is 1. The number of aliphatic hydroxyl groups excluding tert-OH is 1. The number of likely N-dealkylation sites (N-methyl/N-ethyl adjacent to an activating group) is 1. The van der Waals surface area contributed by atoms with Crippen LogP contribution in [0.2, 0.25) is 5.02 Å². The molecule has 3 rings (SSSR count). The number of rotatable bonds is 11. The topological polar surface area (TPSA) is 90.3 Å². The van der Waals surface area contributed by atoms with E-state index < -0.39 is 6.10 Å². The lowest BCUT2D eigenvalue weighted by Gasteiger charge is -2.28. The average molecular weight is 559 g/mol. The van der Waals surface area contributed by atoms with Crippen LogP contribution in [0.4, 0.5) is 5.69 Å². The molecule has 2 aromatic carbocycles. The number of nitrogens with zero attached hydrogens (tertiary/aromatic N) is 2. The lowest BCUT2D eigenvalue weighted by molar-refractivity contribution is -0.127. The summed E-state index contributed by atoms with van der Waals surface area (Å²) in [5.74, 6) is 1.18. The van der Waals surface area contributed by atoms with E-state index in [9.17, 15) is 9.90 Å². The minimum absolute atomic E-state index is 0.0793. The highest BCUT2D eigenvalue weighted by atomic mass is 35.5. The molecule has 39 heavy (non-hydrogen) atoms. The molecule has 0 aromatic heterocycles. The number of carboxylic acid groups (broad SMARTS) is 1. The summed E-state index contributed by atoms with van der Waals surface area (Å²) in [6.07, 6.45) is 8.86. The zero-order chi connectivity index (χ0) is 28.8. The lowest BCUT2D eigenvalue weighted by atomic mass is 9.92. The second kappa shape index (κ2) is 16.8. The Morgan fingerprint density at radius 2 is 1.97 bits per heavy atom. The largest absolute Gasteiger partial charge is 0.491 e. The van der Waals surface area contributed by atoms with E-state index in [4.69, 9.17) is 26.2 Å². The number of halogens is 1. The van der Waals surface area contributed by atoms with E-state index in [1.54, 1.807) is 18.7 Å². The molecular formula is C31H43ClN2O5. The number of benzene rings is 2. The van der Waals surface area contributed by atoms with Gasteiger partial charge in [0.2, 0.25) is 5.91 Å². The van der Waals surface area contributed by atoms with Crippen molar-refractivity contribution in [2.24, 2.45) is 0 Å². The SMILES string of the molecule is CCCc1cc(Cl)ccc1C1COc2ccc(C(C)O)cc2N(CCCC/C=C/CN(C)C(C)=O)C1.O=CO. The predicted molar refractivity (Wildman–Crippen MR) is 158 cm³/mol. The first kappa shape index (κ1) is 32.2. The molecule has 0 saturated carbocycles. The second-order valence-corrected chi connectivity index (χ2v) is 10.4. The minimum atomic E-state index is -0.526. The molecule has 2 aromatic rings. The third-order valence-electron chi connectivity index (χ3n) is 6.88. The number of aryl methyl sites for hydroxylation is 1. The van der Waals surface area contributed by atoms with Gasteiger partial charge in [0.05, 0.1) is 18.4 Å². The number of aliphatic hydroxyl groups is 1. The standard InChI is InChI=1S/C30H41ClN2O3.CH2O2/c1-5-11-25-18-27(31)13-14-28(25)26-20-33(17-10-8-6-7-9-16-32(4)23(3)35)29-19-24(22(2)34)12-15-30(29)36-21-26;2-1-3/h7,9,12-15,18-19,22,26,34H,5-6,8,10-11,16-17,20-21H2,1-4H3;1H,(H,2,3)/b9-7+;. The van der Waals surface area contributed by atoms with Gasteiger partial charge in [0.1, 0.15) is 5.75 Å². The van der Waals surface area contributed by atoms with E-state index in [0.29, 0.717) is 13.2 Å². The van der Waals surface area contributed by atoms with E-state index in [2.05, 4.69) is 42.2 Å². The normalized spacial score (nSPS) is 15.4. The van der Waals surface area contributed by atoms with E-state index in [0.717, 1.165) is 67.2 Å². The van der Waals surface area contributed by atoms with Gasteiger partial charge >= 0.3 is 0 Å². The molecular weight excluding hydrogens is 516 g/mol. The molecule has 0 saturated heterocycles. The summed E-state index contributed by atoms with van der Waals surface area (Å²) >= 11 is 6.34. The Labute approximate surface area is 238 Å². The Morgan fingerprint density at radius 1 is 1.23 bits per heavy atom. The molecule has 2 atom stereocenters. The van der Waals surface area contributed by atoms with Crippen molar-refractivity contribution in [1.29, 1.82) is 0 Å². The minimum Gasteiger partial charge on any atom is -0.491 e. The molecule has 1 aliphatic heterocycles. The first-order valence-electron chi connectivity index (χ1n) is 13.6. The van der Waals surface area contributed by atoms with Crippen molar-refractivity contribution in [2.75, 3.05) is 38.2 Å². The van der Waals surface area contributed by atoms with Crippen molar-refractivity contribution in [2.45, 2.75) is 64.9 Å². The van der Waals surface area contributed by atoms with Gasteiger partial charge in [-0.3, -0.25) is 9.59 Å². The quantitative estimate of drug-likeness (QED) is 0.193. The molecule has 2 N–H and O–H groups in total. The molecule has 0 spiro atoms. The number of amides is 1. The smallest absolute Gasteiger partial charge is 0.290 e. The number of hydrogen-bond acceptors (Lipinski definition) is 5. The molecule has 0 aliphatic carbocycles. The number of anilines is 1. The van der Waals surface area contributed by atoms with Crippen LogP contribution in [0.3, 0.4) is 0 Å². The van der Waals surface area contributed by atoms with Crippen LogP contribution >= 0.6 is 11.6 Å². The first-order valence-corrected chi connectivity index (χ1v) is 14.0. The fourth-order valence-electron chi connectivity index (χ4n) is 4.67. The maximum absolute atomic E-state index is 11.3. The van der Waals surface area contributed by atoms with Gasteiger partial charge in [-0.15, -0.1) is 0 Å². The molecule has 1 aliphatic rings. The Balaban J connectivity index is 0.00000170. The Hall–Kier alpha value is -3.03. The zero-order valence-corrected chi connectivity index (χ0v) is 24.4. The molecule has 1 heterocycles. The van der Waals surface area contributed by atoms with Gasteiger partial charge in [-0.05, 0) is 73.6 Å². The van der Waals surface area contributed by atoms with E-state index >= 15 is 0 Å². The van der Waals surface area contributed by atoms with Crippen LogP contribution in [-0.2, 0) is 16.0 Å². The van der Waals surface area contributed by atoms with Crippen LogP contribution < -0.4 is 9.64 Å². The van der Waals surface area contributed by atoms with E-state index in [1.165, 1.54) is 11.1 Å². The van der Waals surface area contributed by atoms with Gasteiger partial charge in [-0.25, -0.2) is 0 Å². The zero-order valence-electron chi connectivity index (χ0n) is 23.6. The van der Waals surface area contributed by atoms with Gasteiger partial charge in [-0.1, -0.05) is 49.2 Å². The van der Waals surface area contributed by atoms with Gasteiger partial charge in [-0.2, -0.15) is 0 Å². The van der Waals surface area contributed by atoms with Crippen LogP contribution in [0.1, 0.15) is 75.2 Å². The van der Waals surface area contributed by atoms with Gasteiger partial charge in [0.15, 0.2) is 0 Å². The fraction of sp³-hybridized carbons (Fsp3) is 0.484. The number of unbranched alkanes of at least 4 members (excludes halogenated alkanes) is 2. The van der Waals surface area contributed by atoms with Crippen LogP contribution in [0.15, 0.2) is 48.6 Å². The summed E-state index contributed by atoms with van der Waals surface area (Å²) in [6, 6.07) is 12.3. The van der Waals surface area contributed by atoms with Gasteiger partial charge in [0.25, 0.3) is 6.47 Å². The summed E-state index contributed by atoms with van der Waals surface area (Å²) < 4.78 is 6.35. The molecule has 1 amide bonds. The summed E-state index contributed by atoms with van der Waals surface area (Å²) in [5.41, 5.74) is 4.57. The van der Waals surface area contributed by atoms with Crippen LogP contribution in [0.5, 0.6) is 5.75 Å². The monoisotopic (exact) mass is 558 g/mol. The fourth-order valence-corrected chi connectivity index (χ4v) is 4.87. The molecule has 214 valence electrons. The number of allylic oxidation sites excluding steroid dienone is 1. The maximum atomic E-state index is 11.3. The Bertz CT molecular complexity index is 1090. The van der Waals surface area contributed by atoms with Crippen LogP contribution in [-0.4, -0.2) is 60.8 Å². The van der Waals surface area contributed by atoms with E-state index in [1.807, 2.05) is 25.2 Å². The van der Waals surface area contributed by atoms with E-state index in [-0.39, 0.29) is 18.3 Å². The van der Waals surface area contributed by atoms with Gasteiger partial charge in [0, 0.05) is 44.5 Å². The third-order valence-corrected chi connectivity index (χ3v) is 7.12. The van der Waals surface area contributed by atoms with Crippen molar-refractivity contribution in [3.05, 3.63) is 70.3 Å². The summed E-state index contributed by atoms with van der Waals surface area (Å²) in [5, 5.41) is 17.9. The van der Waals surface area contributed by atoms with Crippen molar-refractivity contribution in [3.8, 4) is 5.75 Å². The Morgan fingerprint density at radius 3 is 2.64 bits per heavy atom. The molecule has 8 heteroatoms. The lowest BCUT2D eigenvalue weighted by Crippen LogP contribution is -2.30. The van der Waals surface area contributed by atoms with Crippen molar-refractivity contribution >= 4 is 29.7 Å². The average Bonchev–Trinajstić information content (AvgIpc) is 3.08. The third kappa shape index (κ3) is 10.2. The van der Waals surface area contributed by atoms with Crippen LogP contribution in [0.25, 0.3) is 0 Å². The number of carbonyl (C=O) groups excluding carboxylic acids is 1. The second-order valence-electron chi connectivity index (χ2n) is 9.92. The molecule has 0 bridgehead atoms. The molecule has 0 radical (unpaired) electrons. The van der Waals surface area contributed by atoms with Crippen molar-refractivity contribution in [1.82, 2.24) is 4.90 Å². The molecule has 0 fully saturated rings. The molecule has 2 unspecified atom stereocenters. The first-order chi connectivity index (χ1) is 18.7. The number of ether oxygens (including phenoxy) is 1. The number of carbonyl (C=O) groups is 2. The summed E-state index contributed by atoms with van der Waals surface area (Å²) in [7, 11) is 1.82. The van der Waals surface area contributed by atoms with Crippen molar-refractivity contribution < 1.29 is 24.5 Å². The summed E-state index contributed by atoms with van der Waals surface area (Å²) in [4.78, 5) is 23.8. The van der Waals surface area contributed by atoms with Crippen LogP contribution in [0, 0.1) is 0 Å². The highest BCUT2D eigenvalue weighted by Crippen LogP contribution is 2.38. The summed E-state index contributed by atoms with van der Waals surface area (Å²) in [6.45, 7) is 8.36. The maximum Gasteiger partial charge on any atom is 0.290 e. The Kier molecular flexibility index (Phi) is 13.9. The highest BCUT2D eigenvalue weighted by molar-refractivity contribution is 6.30. The molecule has 7 nitrogen and oxygen atoms in total.